The van der Waals surface area contributed by atoms with Crippen molar-refractivity contribution in [3.05, 3.63) is 54.1 Å². The highest BCUT2D eigenvalue weighted by Gasteiger charge is 2.36. The predicted molar refractivity (Wildman–Crippen MR) is 90.2 cm³/mol. The highest BCUT2D eigenvalue weighted by atomic mass is 35.5. The number of nitrogens with one attached hydrogen (secondary N) is 1. The van der Waals surface area contributed by atoms with E-state index in [1.807, 2.05) is 12.1 Å². The molecule has 2 aromatic carbocycles. The van der Waals surface area contributed by atoms with Crippen molar-refractivity contribution in [3.63, 3.8) is 0 Å². The molecule has 0 spiro atoms. The van der Waals surface area contributed by atoms with Crippen LogP contribution < -0.4 is 10.1 Å². The summed E-state index contributed by atoms with van der Waals surface area (Å²) in [4.78, 5) is 0.607. The van der Waals surface area contributed by atoms with Crippen molar-refractivity contribution in [2.24, 2.45) is 0 Å². The number of ether oxygens (including phenoxy) is 1. The van der Waals surface area contributed by atoms with Gasteiger partial charge in [0.2, 0.25) is 9.84 Å². The third-order valence-corrected chi connectivity index (χ3v) is 6.22. The number of hydrogen-bond acceptors (Lipinski definition) is 4. The summed E-state index contributed by atoms with van der Waals surface area (Å²) in [5.41, 5.74) is 1.14. The molecule has 122 valence electrons. The minimum Gasteiger partial charge on any atom is -0.488 e. The fourth-order valence-electron chi connectivity index (χ4n) is 3.30. The van der Waals surface area contributed by atoms with Gasteiger partial charge in [-0.2, -0.15) is 0 Å². The third kappa shape index (κ3) is 2.73. The summed E-state index contributed by atoms with van der Waals surface area (Å²) in [6, 6.07) is 13.8. The summed E-state index contributed by atoms with van der Waals surface area (Å²) >= 11 is 0. The largest absolute Gasteiger partial charge is 0.488 e. The number of rotatable bonds is 2. The summed E-state index contributed by atoms with van der Waals surface area (Å²) in [6.45, 7) is 1.80. The first-order valence-corrected chi connectivity index (χ1v) is 8.96. The van der Waals surface area contributed by atoms with Crippen LogP contribution >= 0.6 is 12.4 Å². The number of hydrogen-bond donors (Lipinski definition) is 1. The zero-order valence-corrected chi connectivity index (χ0v) is 14.1. The average molecular weight is 352 g/mol. The number of piperidine rings is 1. The van der Waals surface area contributed by atoms with Crippen LogP contribution in [0.5, 0.6) is 5.75 Å². The first-order valence-electron chi connectivity index (χ1n) is 7.48. The summed E-state index contributed by atoms with van der Waals surface area (Å²) in [5, 5.41) is 3.32. The molecular formula is C17H18ClNO3S. The van der Waals surface area contributed by atoms with Crippen LogP contribution in [0.25, 0.3) is 0 Å². The standard InChI is InChI=1S/C17H17NO3S.ClH/c19-22(20,12-4-2-1-3-5-12)13-6-7-14-15-8-9-18-11-17(15)21-16(14)10-13;/h1-7,10,15,17-18H,8-9,11H2;1H/t15-,17-;/m0./s1. The summed E-state index contributed by atoms with van der Waals surface area (Å²) in [5.74, 6) is 1.10. The molecule has 2 aliphatic heterocycles. The van der Waals surface area contributed by atoms with E-state index < -0.39 is 9.84 Å². The molecule has 0 saturated carbocycles. The van der Waals surface area contributed by atoms with Gasteiger partial charge in [-0.1, -0.05) is 24.3 Å². The van der Waals surface area contributed by atoms with E-state index in [1.54, 1.807) is 36.4 Å². The van der Waals surface area contributed by atoms with Crippen LogP contribution in [0.3, 0.4) is 0 Å². The van der Waals surface area contributed by atoms with E-state index in [1.165, 1.54) is 0 Å². The van der Waals surface area contributed by atoms with E-state index in [2.05, 4.69) is 5.32 Å². The molecule has 0 aliphatic carbocycles. The van der Waals surface area contributed by atoms with Crippen molar-refractivity contribution in [2.75, 3.05) is 13.1 Å². The second kappa shape index (κ2) is 6.15. The molecule has 6 heteroatoms. The van der Waals surface area contributed by atoms with E-state index in [9.17, 15) is 8.42 Å². The van der Waals surface area contributed by atoms with Crippen LogP contribution in [0.2, 0.25) is 0 Å². The topological polar surface area (TPSA) is 55.4 Å². The minimum absolute atomic E-state index is 0. The van der Waals surface area contributed by atoms with Crippen LogP contribution in [-0.4, -0.2) is 27.6 Å². The molecule has 1 N–H and O–H groups in total. The van der Waals surface area contributed by atoms with E-state index in [0.29, 0.717) is 15.7 Å². The van der Waals surface area contributed by atoms with Gasteiger partial charge in [0, 0.05) is 18.0 Å². The molecule has 0 bridgehead atoms. The first-order chi connectivity index (χ1) is 10.7. The van der Waals surface area contributed by atoms with Gasteiger partial charge in [-0.25, -0.2) is 8.42 Å². The van der Waals surface area contributed by atoms with Gasteiger partial charge in [0.1, 0.15) is 11.9 Å². The van der Waals surface area contributed by atoms with Crippen molar-refractivity contribution in [1.82, 2.24) is 5.32 Å². The van der Waals surface area contributed by atoms with Gasteiger partial charge >= 0.3 is 0 Å². The summed E-state index contributed by atoms with van der Waals surface area (Å²) in [7, 11) is -3.49. The lowest BCUT2D eigenvalue weighted by molar-refractivity contribution is 0.176. The first kappa shape index (κ1) is 16.3. The zero-order chi connectivity index (χ0) is 15.2. The lowest BCUT2D eigenvalue weighted by Gasteiger charge is -2.24. The van der Waals surface area contributed by atoms with Gasteiger partial charge in [0.15, 0.2) is 0 Å². The molecule has 2 aliphatic rings. The zero-order valence-electron chi connectivity index (χ0n) is 12.4. The average Bonchev–Trinajstić information content (AvgIpc) is 2.93. The molecule has 2 atom stereocenters. The van der Waals surface area contributed by atoms with Gasteiger partial charge in [-0.05, 0) is 37.2 Å². The Balaban J connectivity index is 0.00000156. The third-order valence-electron chi connectivity index (χ3n) is 4.45. The second-order valence-corrected chi connectivity index (χ2v) is 7.72. The maximum Gasteiger partial charge on any atom is 0.206 e. The fraction of sp³-hybridized carbons (Fsp3) is 0.294. The predicted octanol–water partition coefficient (Wildman–Crippen LogP) is 2.78. The van der Waals surface area contributed by atoms with E-state index in [4.69, 9.17) is 4.74 Å². The highest BCUT2D eigenvalue weighted by Crippen LogP contribution is 2.42. The normalized spacial score (nSPS) is 22.4. The van der Waals surface area contributed by atoms with Crippen LogP contribution in [-0.2, 0) is 9.84 Å². The van der Waals surface area contributed by atoms with Crippen molar-refractivity contribution >= 4 is 22.2 Å². The fourth-order valence-corrected chi connectivity index (χ4v) is 4.60. The molecule has 0 aromatic heterocycles. The highest BCUT2D eigenvalue weighted by molar-refractivity contribution is 7.91. The van der Waals surface area contributed by atoms with Crippen LogP contribution in [0.15, 0.2) is 58.3 Å². The van der Waals surface area contributed by atoms with E-state index in [-0.39, 0.29) is 18.5 Å². The van der Waals surface area contributed by atoms with Crippen LogP contribution in [0.4, 0.5) is 0 Å². The van der Waals surface area contributed by atoms with Crippen LogP contribution in [0.1, 0.15) is 17.9 Å². The van der Waals surface area contributed by atoms with Crippen molar-refractivity contribution in [1.29, 1.82) is 0 Å². The van der Waals surface area contributed by atoms with Gasteiger partial charge < -0.3 is 10.1 Å². The second-order valence-electron chi connectivity index (χ2n) is 5.77. The van der Waals surface area contributed by atoms with E-state index >= 15 is 0 Å². The molecule has 4 rings (SSSR count). The number of benzene rings is 2. The van der Waals surface area contributed by atoms with Crippen molar-refractivity contribution in [2.45, 2.75) is 28.2 Å². The van der Waals surface area contributed by atoms with Crippen LogP contribution in [0, 0.1) is 0 Å². The van der Waals surface area contributed by atoms with Gasteiger partial charge in [-0.15, -0.1) is 12.4 Å². The molecule has 0 amide bonds. The monoisotopic (exact) mass is 351 g/mol. The quantitative estimate of drug-likeness (QED) is 0.904. The number of fused-ring (bicyclic) bond motifs is 3. The molecule has 0 radical (unpaired) electrons. The Bertz CT molecular complexity index is 808. The Hall–Kier alpha value is -1.56. The lowest BCUT2D eigenvalue weighted by Crippen LogP contribution is -2.39. The van der Waals surface area contributed by atoms with Gasteiger partial charge in [0.05, 0.1) is 9.79 Å². The molecule has 2 aromatic rings. The summed E-state index contributed by atoms with van der Waals surface area (Å²) < 4.78 is 31.3. The van der Waals surface area contributed by atoms with Gasteiger partial charge in [0.25, 0.3) is 0 Å². The Kier molecular flexibility index (Phi) is 4.36. The molecule has 4 nitrogen and oxygen atoms in total. The molecule has 23 heavy (non-hydrogen) atoms. The van der Waals surface area contributed by atoms with Crippen molar-refractivity contribution < 1.29 is 13.2 Å². The Morgan fingerprint density at radius 2 is 1.83 bits per heavy atom. The molecular weight excluding hydrogens is 334 g/mol. The SMILES string of the molecule is Cl.O=S(=O)(c1ccccc1)c1ccc2c(c1)O[C@H]1CNCC[C@@H]21. The number of sulfone groups is 1. The molecule has 0 unspecified atom stereocenters. The molecule has 1 saturated heterocycles. The Morgan fingerprint density at radius 3 is 2.61 bits per heavy atom. The molecule has 1 fully saturated rings. The van der Waals surface area contributed by atoms with Crippen molar-refractivity contribution in [3.8, 4) is 5.75 Å². The number of halogens is 1. The summed E-state index contributed by atoms with van der Waals surface area (Å²) in [6.07, 6.45) is 1.15. The van der Waals surface area contributed by atoms with Gasteiger partial charge in [-0.3, -0.25) is 0 Å². The van der Waals surface area contributed by atoms with E-state index in [0.717, 1.165) is 30.8 Å². The Morgan fingerprint density at radius 1 is 1.04 bits per heavy atom. The molecule has 2 heterocycles. The Labute approximate surface area is 142 Å². The lowest BCUT2D eigenvalue weighted by atomic mass is 9.90. The maximum atomic E-state index is 12.7. The smallest absolute Gasteiger partial charge is 0.206 e. The minimum atomic E-state index is -3.49. The maximum absolute atomic E-state index is 12.7.